The molecular weight excluding hydrogens is 222 g/mol. The lowest BCUT2D eigenvalue weighted by molar-refractivity contribution is 0.101. The minimum atomic E-state index is 0.339. The second kappa shape index (κ2) is 5.64. The molecule has 1 saturated carbocycles. The van der Waals surface area contributed by atoms with Crippen LogP contribution in [0.1, 0.15) is 45.6 Å². The number of nitrogen functional groups attached to an aromatic ring is 1. The van der Waals surface area contributed by atoms with Gasteiger partial charge in [-0.05, 0) is 55.2 Å². The van der Waals surface area contributed by atoms with E-state index in [1.165, 1.54) is 12.0 Å². The van der Waals surface area contributed by atoms with Crippen molar-refractivity contribution in [1.29, 1.82) is 0 Å². The summed E-state index contributed by atoms with van der Waals surface area (Å²) < 4.78 is 6.08. The Morgan fingerprint density at radius 3 is 2.61 bits per heavy atom. The summed E-state index contributed by atoms with van der Waals surface area (Å²) in [6.45, 7) is 6.80. The summed E-state index contributed by atoms with van der Waals surface area (Å²) >= 11 is 0. The van der Waals surface area contributed by atoms with Crippen LogP contribution in [0.15, 0.2) is 18.2 Å². The van der Waals surface area contributed by atoms with Crippen molar-refractivity contribution in [3.05, 3.63) is 23.8 Å². The Morgan fingerprint density at radius 1 is 1.22 bits per heavy atom. The lowest BCUT2D eigenvalue weighted by Crippen LogP contribution is -2.29. The van der Waals surface area contributed by atoms with E-state index in [1.807, 2.05) is 12.1 Å². The van der Waals surface area contributed by atoms with Crippen molar-refractivity contribution >= 4 is 5.69 Å². The molecule has 3 atom stereocenters. The van der Waals surface area contributed by atoms with E-state index < -0.39 is 0 Å². The van der Waals surface area contributed by atoms with Crippen molar-refractivity contribution in [3.63, 3.8) is 0 Å². The Balaban J connectivity index is 2.01. The molecule has 0 aromatic heterocycles. The van der Waals surface area contributed by atoms with Crippen molar-refractivity contribution in [1.82, 2.24) is 0 Å². The molecule has 100 valence electrons. The molecule has 1 aromatic carbocycles. The quantitative estimate of drug-likeness (QED) is 0.818. The fourth-order valence-electron chi connectivity index (χ4n) is 2.71. The zero-order valence-electron chi connectivity index (χ0n) is 11.8. The van der Waals surface area contributed by atoms with Crippen molar-refractivity contribution in [3.8, 4) is 5.75 Å². The molecule has 0 spiro atoms. The van der Waals surface area contributed by atoms with Crippen LogP contribution >= 0.6 is 0 Å². The molecule has 0 saturated heterocycles. The van der Waals surface area contributed by atoms with Crippen LogP contribution in [0.3, 0.4) is 0 Å². The summed E-state index contributed by atoms with van der Waals surface area (Å²) in [6, 6.07) is 6.17. The largest absolute Gasteiger partial charge is 0.488 e. The second-order valence-electron chi connectivity index (χ2n) is 5.73. The Hall–Kier alpha value is -1.18. The fraction of sp³-hybridized carbons (Fsp3) is 0.625. The van der Waals surface area contributed by atoms with Gasteiger partial charge in [-0.3, -0.25) is 0 Å². The predicted octanol–water partition coefficient (Wildman–Crippen LogP) is 4.03. The van der Waals surface area contributed by atoms with Crippen molar-refractivity contribution in [2.45, 2.75) is 52.6 Å². The first-order valence-corrected chi connectivity index (χ1v) is 7.15. The minimum Gasteiger partial charge on any atom is -0.488 e. The maximum atomic E-state index is 6.08. The van der Waals surface area contributed by atoms with Gasteiger partial charge < -0.3 is 10.5 Å². The number of benzene rings is 1. The third-order valence-electron chi connectivity index (χ3n) is 4.33. The van der Waals surface area contributed by atoms with Gasteiger partial charge in [-0.2, -0.15) is 0 Å². The molecule has 1 aromatic rings. The molecular formula is C16H25NO. The summed E-state index contributed by atoms with van der Waals surface area (Å²) in [4.78, 5) is 0. The highest BCUT2D eigenvalue weighted by Gasteiger charge is 2.26. The van der Waals surface area contributed by atoms with Gasteiger partial charge in [0, 0.05) is 0 Å². The fourth-order valence-corrected chi connectivity index (χ4v) is 2.71. The van der Waals surface area contributed by atoms with Crippen LogP contribution in [0.25, 0.3) is 0 Å². The van der Waals surface area contributed by atoms with Crippen LogP contribution in [-0.2, 0) is 6.42 Å². The number of aryl methyl sites for hydroxylation is 1. The van der Waals surface area contributed by atoms with E-state index >= 15 is 0 Å². The number of hydrogen-bond donors (Lipinski definition) is 1. The second-order valence-corrected chi connectivity index (χ2v) is 5.73. The first-order chi connectivity index (χ1) is 8.60. The first kappa shape index (κ1) is 13.3. The molecule has 1 aliphatic carbocycles. The van der Waals surface area contributed by atoms with Crippen molar-refractivity contribution < 1.29 is 4.74 Å². The van der Waals surface area contributed by atoms with Gasteiger partial charge >= 0.3 is 0 Å². The zero-order chi connectivity index (χ0) is 13.1. The number of hydrogen-bond acceptors (Lipinski definition) is 2. The monoisotopic (exact) mass is 247 g/mol. The summed E-state index contributed by atoms with van der Waals surface area (Å²) in [6.07, 6.45) is 4.92. The van der Waals surface area contributed by atoms with E-state index in [0.717, 1.165) is 42.5 Å². The van der Waals surface area contributed by atoms with Gasteiger partial charge in [0.1, 0.15) is 5.75 Å². The summed E-state index contributed by atoms with van der Waals surface area (Å²) in [7, 11) is 0. The normalized spacial score (nSPS) is 28.1. The molecule has 2 nitrogen and oxygen atoms in total. The molecule has 0 bridgehead atoms. The van der Waals surface area contributed by atoms with Crippen LogP contribution in [0, 0.1) is 11.8 Å². The smallest absolute Gasteiger partial charge is 0.142 e. The SMILES string of the molecule is CCc1ccc(OC2CCC(C)C(C)C2)c(N)c1. The third-order valence-corrected chi connectivity index (χ3v) is 4.33. The Labute approximate surface area is 111 Å². The standard InChI is InChI=1S/C16H25NO/c1-4-13-6-8-16(15(17)10-13)18-14-7-5-11(2)12(3)9-14/h6,8,10-12,14H,4-5,7,9,17H2,1-3H3. The van der Waals surface area contributed by atoms with E-state index in [4.69, 9.17) is 10.5 Å². The average Bonchev–Trinajstić information content (AvgIpc) is 2.36. The van der Waals surface area contributed by atoms with Crippen LogP contribution < -0.4 is 10.5 Å². The highest BCUT2D eigenvalue weighted by atomic mass is 16.5. The van der Waals surface area contributed by atoms with Crippen LogP contribution in [-0.4, -0.2) is 6.10 Å². The first-order valence-electron chi connectivity index (χ1n) is 7.15. The topological polar surface area (TPSA) is 35.2 Å². The van der Waals surface area contributed by atoms with E-state index in [9.17, 15) is 0 Å². The van der Waals surface area contributed by atoms with Gasteiger partial charge in [0.15, 0.2) is 0 Å². The van der Waals surface area contributed by atoms with Gasteiger partial charge in [-0.1, -0.05) is 26.8 Å². The van der Waals surface area contributed by atoms with Crippen LogP contribution in [0.4, 0.5) is 5.69 Å². The Morgan fingerprint density at radius 2 is 2.00 bits per heavy atom. The highest BCUT2D eigenvalue weighted by Crippen LogP contribution is 2.33. The van der Waals surface area contributed by atoms with Crippen LogP contribution in [0.5, 0.6) is 5.75 Å². The molecule has 0 heterocycles. The van der Waals surface area contributed by atoms with Crippen molar-refractivity contribution in [2.75, 3.05) is 5.73 Å². The van der Waals surface area contributed by atoms with E-state index in [0.29, 0.717) is 6.10 Å². The van der Waals surface area contributed by atoms with Crippen molar-refractivity contribution in [2.24, 2.45) is 11.8 Å². The molecule has 0 aliphatic heterocycles. The highest BCUT2D eigenvalue weighted by molar-refractivity contribution is 5.54. The van der Waals surface area contributed by atoms with Gasteiger partial charge in [0.25, 0.3) is 0 Å². The van der Waals surface area contributed by atoms with E-state index in [2.05, 4.69) is 26.8 Å². The third kappa shape index (κ3) is 2.98. The van der Waals surface area contributed by atoms with E-state index in [1.54, 1.807) is 0 Å². The molecule has 0 amide bonds. The summed E-state index contributed by atoms with van der Waals surface area (Å²) in [5.41, 5.74) is 8.10. The predicted molar refractivity (Wildman–Crippen MR) is 76.8 cm³/mol. The number of nitrogens with two attached hydrogens (primary N) is 1. The van der Waals surface area contributed by atoms with Gasteiger partial charge in [0.05, 0.1) is 11.8 Å². The van der Waals surface area contributed by atoms with Gasteiger partial charge in [0.2, 0.25) is 0 Å². The summed E-state index contributed by atoms with van der Waals surface area (Å²) in [5, 5.41) is 0. The molecule has 3 unspecified atom stereocenters. The Kier molecular flexibility index (Phi) is 4.15. The molecule has 2 heteroatoms. The lowest BCUT2D eigenvalue weighted by Gasteiger charge is -2.32. The molecule has 2 rings (SSSR count). The van der Waals surface area contributed by atoms with E-state index in [-0.39, 0.29) is 0 Å². The van der Waals surface area contributed by atoms with Gasteiger partial charge in [-0.15, -0.1) is 0 Å². The average molecular weight is 247 g/mol. The number of rotatable bonds is 3. The van der Waals surface area contributed by atoms with Gasteiger partial charge in [-0.25, -0.2) is 0 Å². The zero-order valence-corrected chi connectivity index (χ0v) is 11.8. The molecule has 0 radical (unpaired) electrons. The molecule has 1 fully saturated rings. The molecule has 18 heavy (non-hydrogen) atoms. The maximum absolute atomic E-state index is 6.08. The summed E-state index contributed by atoms with van der Waals surface area (Å²) in [5.74, 6) is 2.43. The lowest BCUT2D eigenvalue weighted by atomic mass is 9.80. The molecule has 2 N–H and O–H groups in total. The Bertz CT molecular complexity index is 402. The minimum absolute atomic E-state index is 0.339. The number of ether oxygens (including phenoxy) is 1. The number of anilines is 1. The maximum Gasteiger partial charge on any atom is 0.142 e. The van der Waals surface area contributed by atoms with Crippen LogP contribution in [0.2, 0.25) is 0 Å². The molecule has 1 aliphatic rings.